The lowest BCUT2D eigenvalue weighted by atomic mass is 10.2. The summed E-state index contributed by atoms with van der Waals surface area (Å²) < 4.78 is 66.5. The van der Waals surface area contributed by atoms with Gasteiger partial charge in [0.2, 0.25) is 5.13 Å². The lowest BCUT2D eigenvalue weighted by Gasteiger charge is -2.13. The third kappa shape index (κ3) is 4.56. The summed E-state index contributed by atoms with van der Waals surface area (Å²) in [6.45, 7) is 1.76. The van der Waals surface area contributed by atoms with Crippen LogP contribution in [0.25, 0.3) is 0 Å². The van der Waals surface area contributed by atoms with E-state index in [0.29, 0.717) is 5.13 Å². The van der Waals surface area contributed by atoms with Crippen LogP contribution in [0.3, 0.4) is 0 Å². The smallest absolute Gasteiger partial charge is 0.203 e. The van der Waals surface area contributed by atoms with E-state index in [9.17, 15) is 25.9 Å². The molecule has 0 aliphatic heterocycles. The molecule has 0 fully saturated rings. The first-order valence-electron chi connectivity index (χ1n) is 5.84. The van der Waals surface area contributed by atoms with Crippen LogP contribution in [0.15, 0.2) is 38.5 Å². The number of nitrogens with one attached hydrogen (secondary N) is 1. The molecule has 23 heavy (non-hydrogen) atoms. The van der Waals surface area contributed by atoms with Gasteiger partial charge in [-0.25, -0.2) is 21.8 Å². The predicted molar refractivity (Wildman–Crippen MR) is 80.4 cm³/mol. The Morgan fingerprint density at radius 2 is 1.91 bits per heavy atom. The molecule has 0 aliphatic carbocycles. The van der Waals surface area contributed by atoms with Crippen molar-refractivity contribution in [3.05, 3.63) is 34.8 Å². The predicted octanol–water partition coefficient (Wildman–Crippen LogP) is 0.706. The van der Waals surface area contributed by atoms with Crippen LogP contribution in [0.4, 0.5) is 5.13 Å². The van der Waals surface area contributed by atoms with Crippen molar-refractivity contribution in [3.63, 3.8) is 0 Å². The molecule has 2 aromatic rings. The summed E-state index contributed by atoms with van der Waals surface area (Å²) in [6.07, 6.45) is 0.927. The highest BCUT2D eigenvalue weighted by atomic mass is 32.2. The van der Waals surface area contributed by atoms with Crippen molar-refractivity contribution >= 4 is 42.9 Å². The highest BCUT2D eigenvalue weighted by Crippen LogP contribution is 2.19. The average molecular weight is 375 g/mol. The molecule has 0 amide bonds. The van der Waals surface area contributed by atoms with Crippen LogP contribution in [0.1, 0.15) is 11.3 Å². The highest BCUT2D eigenvalue weighted by Gasteiger charge is 2.11. The molecule has 0 aliphatic rings. The molecular weight excluding hydrogens is 366 g/mol. The molecule has 0 saturated heterocycles. The minimum atomic E-state index is -4.87. The summed E-state index contributed by atoms with van der Waals surface area (Å²) in [7, 11) is -9.67. The maximum Gasteiger partial charge on any atom is 0.203 e. The summed E-state index contributed by atoms with van der Waals surface area (Å²) in [4.78, 5) is 2.68. The summed E-state index contributed by atoms with van der Waals surface area (Å²) in [6, 6.07) is 2.27. The number of hydrogen-bond donors (Lipinski definition) is 1. The molecule has 0 radical (unpaired) electrons. The van der Waals surface area contributed by atoms with Gasteiger partial charge >= 0.3 is 0 Å². The first kappa shape index (κ1) is 17.5. The summed E-state index contributed by atoms with van der Waals surface area (Å²) in [5.74, 6) is 0. The van der Waals surface area contributed by atoms with Gasteiger partial charge in [0.15, 0.2) is 0 Å². The molecule has 2 rings (SSSR count). The molecule has 1 heterocycles. The Morgan fingerprint density at radius 1 is 1.22 bits per heavy atom. The number of anilines is 1. The number of hydrazone groups is 1. The van der Waals surface area contributed by atoms with E-state index in [4.69, 9.17) is 0 Å². The maximum atomic E-state index is 11.2. The zero-order valence-electron chi connectivity index (χ0n) is 11.5. The normalized spacial score (nSPS) is 12.7. The van der Waals surface area contributed by atoms with Gasteiger partial charge in [0, 0.05) is 10.9 Å². The van der Waals surface area contributed by atoms with E-state index in [1.807, 2.05) is 0 Å². The Bertz CT molecular complexity index is 963. The molecule has 0 unspecified atom stereocenters. The van der Waals surface area contributed by atoms with Crippen molar-refractivity contribution in [1.82, 2.24) is 4.98 Å². The molecule has 0 saturated carbocycles. The number of aromatic nitrogens is 1. The van der Waals surface area contributed by atoms with Crippen LogP contribution in [0.5, 0.6) is 0 Å². The van der Waals surface area contributed by atoms with Gasteiger partial charge < -0.3 is 9.11 Å². The van der Waals surface area contributed by atoms with E-state index < -0.39 is 30.0 Å². The van der Waals surface area contributed by atoms with Crippen molar-refractivity contribution < 1.29 is 25.9 Å². The van der Waals surface area contributed by atoms with Gasteiger partial charge in [-0.05, 0) is 25.1 Å². The molecule has 12 heteroatoms. The minimum absolute atomic E-state index is 0.322. The van der Waals surface area contributed by atoms with Crippen LogP contribution < -0.4 is 5.43 Å². The molecule has 1 N–H and O–H groups in total. The topological polar surface area (TPSA) is 152 Å². The van der Waals surface area contributed by atoms with Crippen molar-refractivity contribution in [1.29, 1.82) is 0 Å². The van der Waals surface area contributed by atoms with E-state index in [2.05, 4.69) is 15.5 Å². The molecule has 0 atom stereocenters. The third-order valence-corrected chi connectivity index (χ3v) is 5.13. The molecule has 1 aromatic heterocycles. The lowest BCUT2D eigenvalue weighted by molar-refractivity contribution is 0.458. The van der Waals surface area contributed by atoms with Gasteiger partial charge in [-0.3, -0.25) is 5.43 Å². The largest absolute Gasteiger partial charge is 0.744 e. The molecule has 0 bridgehead atoms. The molecule has 124 valence electrons. The fourth-order valence-corrected chi connectivity index (χ4v) is 3.35. The Morgan fingerprint density at radius 3 is 2.43 bits per heavy atom. The zero-order valence-corrected chi connectivity index (χ0v) is 13.9. The number of aryl methyl sites for hydroxylation is 1. The number of nitrogens with zero attached hydrogens (tertiary/aromatic N) is 2. The monoisotopic (exact) mass is 375 g/mol. The molecule has 9 nitrogen and oxygen atoms in total. The van der Waals surface area contributed by atoms with Crippen molar-refractivity contribution in [3.8, 4) is 0 Å². The second-order valence-electron chi connectivity index (χ2n) is 4.27. The standard InChI is InChI=1S/C11H11N3O6S3/c1-7-6-21-11(13-7)14-12-5-8-4-9(22(15,16)17)2-3-10(8)23(18,19)20/h2-6H,1H3,(H,13,14)(H,15,16,17)(H,18,19,20)/p-2. The minimum Gasteiger partial charge on any atom is -0.744 e. The number of thiazole rings is 1. The van der Waals surface area contributed by atoms with Gasteiger partial charge in [-0.15, -0.1) is 11.3 Å². The second kappa shape index (κ2) is 6.33. The van der Waals surface area contributed by atoms with Crippen LogP contribution in [0, 0.1) is 6.92 Å². The van der Waals surface area contributed by atoms with E-state index in [-0.39, 0.29) is 5.56 Å². The lowest BCUT2D eigenvalue weighted by Crippen LogP contribution is -2.07. The van der Waals surface area contributed by atoms with Gasteiger partial charge in [0.05, 0.1) is 21.7 Å². The number of hydrogen-bond acceptors (Lipinski definition) is 10. The average Bonchev–Trinajstić information content (AvgIpc) is 2.82. The van der Waals surface area contributed by atoms with Crippen LogP contribution in [0.2, 0.25) is 0 Å². The zero-order chi connectivity index (χ0) is 17.3. The SMILES string of the molecule is Cc1csc(NN=Cc2cc(S(=O)(=O)[O-])ccc2S(=O)(=O)[O-])n1. The third-order valence-electron chi connectivity index (χ3n) is 2.52. The quantitative estimate of drug-likeness (QED) is 0.455. The Balaban J connectivity index is 2.41. The second-order valence-corrected chi connectivity index (χ2v) is 7.86. The van der Waals surface area contributed by atoms with Gasteiger partial charge in [-0.2, -0.15) is 5.10 Å². The van der Waals surface area contributed by atoms with E-state index in [1.54, 1.807) is 12.3 Å². The van der Waals surface area contributed by atoms with E-state index >= 15 is 0 Å². The highest BCUT2D eigenvalue weighted by molar-refractivity contribution is 7.86. The van der Waals surface area contributed by atoms with Crippen LogP contribution in [-0.2, 0) is 20.2 Å². The first-order valence-corrected chi connectivity index (χ1v) is 9.54. The summed E-state index contributed by atoms with van der Waals surface area (Å²) in [5.41, 5.74) is 2.93. The Hall–Kier alpha value is -1.86. The Labute approximate surface area is 136 Å². The molecule has 1 aromatic carbocycles. The summed E-state index contributed by atoms with van der Waals surface area (Å²) in [5, 5.41) is 5.86. The van der Waals surface area contributed by atoms with Gasteiger partial charge in [-0.1, -0.05) is 0 Å². The van der Waals surface area contributed by atoms with E-state index in [0.717, 1.165) is 30.1 Å². The van der Waals surface area contributed by atoms with Gasteiger partial charge in [0.1, 0.15) is 20.2 Å². The fourth-order valence-electron chi connectivity index (χ4n) is 1.57. The first-order chi connectivity index (χ1) is 10.6. The molecule has 0 spiro atoms. The van der Waals surface area contributed by atoms with Crippen LogP contribution in [-0.4, -0.2) is 37.1 Å². The Kier molecular flexibility index (Phi) is 4.81. The van der Waals surface area contributed by atoms with E-state index in [1.165, 1.54) is 11.3 Å². The van der Waals surface area contributed by atoms with Crippen molar-refractivity contribution in [2.45, 2.75) is 16.7 Å². The molecular formula is C11H9N3O6S3-2. The van der Waals surface area contributed by atoms with Crippen molar-refractivity contribution in [2.24, 2.45) is 5.10 Å². The van der Waals surface area contributed by atoms with Gasteiger partial charge in [0.25, 0.3) is 0 Å². The number of rotatable bonds is 5. The fraction of sp³-hybridized carbons (Fsp3) is 0.0909. The maximum absolute atomic E-state index is 11.2. The van der Waals surface area contributed by atoms with Crippen LogP contribution >= 0.6 is 11.3 Å². The number of benzene rings is 1. The summed E-state index contributed by atoms with van der Waals surface area (Å²) >= 11 is 1.24. The van der Waals surface area contributed by atoms with Crippen molar-refractivity contribution in [2.75, 3.05) is 5.43 Å².